The van der Waals surface area contributed by atoms with Crippen LogP contribution < -0.4 is 4.74 Å². The van der Waals surface area contributed by atoms with E-state index in [-0.39, 0.29) is 5.60 Å². The predicted octanol–water partition coefficient (Wildman–Crippen LogP) is 4.65. The van der Waals surface area contributed by atoms with Gasteiger partial charge in [-0.1, -0.05) is 53.6 Å². The van der Waals surface area contributed by atoms with E-state index in [1.54, 1.807) is 0 Å². The van der Waals surface area contributed by atoms with Gasteiger partial charge in [0.25, 0.3) is 0 Å². The van der Waals surface area contributed by atoms with Crippen LogP contribution in [0.5, 0.6) is 5.75 Å². The maximum Gasteiger partial charge on any atom is 0.124 e. The Morgan fingerprint density at radius 2 is 1.96 bits per heavy atom. The molecule has 0 N–H and O–H groups in total. The van der Waals surface area contributed by atoms with Gasteiger partial charge >= 0.3 is 0 Å². The third-order valence-electron chi connectivity index (χ3n) is 5.27. The van der Waals surface area contributed by atoms with Crippen LogP contribution in [0.3, 0.4) is 0 Å². The number of benzene rings is 2. The normalized spacial score (nSPS) is 21.7. The summed E-state index contributed by atoms with van der Waals surface area (Å²) in [4.78, 5) is 2.54. The highest BCUT2D eigenvalue weighted by Gasteiger charge is 2.30. The first-order valence-electron chi connectivity index (χ1n) is 9.33. The summed E-state index contributed by atoms with van der Waals surface area (Å²) in [7, 11) is 2.39. The molecule has 4 rings (SSSR count). The van der Waals surface area contributed by atoms with Crippen molar-refractivity contribution in [1.29, 1.82) is 0 Å². The molecule has 0 bridgehead atoms. The second-order valence-electron chi connectivity index (χ2n) is 8.38. The fraction of sp³-hybridized carbons (Fsp3) is 0.455. The zero-order chi connectivity index (χ0) is 17.6. The van der Waals surface area contributed by atoms with E-state index in [1.807, 2.05) is 0 Å². The summed E-state index contributed by atoms with van der Waals surface area (Å²) in [5, 5.41) is 0. The van der Waals surface area contributed by atoms with Crippen molar-refractivity contribution in [1.82, 2.24) is 4.90 Å². The third kappa shape index (κ3) is 3.77. The van der Waals surface area contributed by atoms with Crippen LogP contribution in [0.15, 0.2) is 36.4 Å². The van der Waals surface area contributed by atoms with E-state index in [2.05, 4.69) is 76.3 Å². The molecule has 0 amide bonds. The zero-order valence-electron chi connectivity index (χ0n) is 15.8. The van der Waals surface area contributed by atoms with Crippen LogP contribution in [0.4, 0.5) is 0 Å². The minimum atomic E-state index is -0.184. The maximum atomic E-state index is 6.32. The summed E-state index contributed by atoms with van der Waals surface area (Å²) >= 11 is 0. The molecule has 1 saturated heterocycles. The van der Waals surface area contributed by atoms with E-state index < -0.39 is 0 Å². The molecular weight excluding hydrogens is 305 g/mol. The predicted molar refractivity (Wildman–Crippen MR) is 104 cm³/mol. The lowest BCUT2D eigenvalue weighted by Gasteiger charge is -2.30. The Labute approximate surface area is 152 Å². The van der Waals surface area contributed by atoms with Crippen molar-refractivity contribution in [2.24, 2.45) is 0 Å². The smallest absolute Gasteiger partial charge is 0.124 e. The second-order valence-corrected chi connectivity index (χ2v) is 8.38. The lowest BCUT2D eigenvalue weighted by molar-refractivity contribution is 0.0682. The third-order valence-corrected chi connectivity index (χ3v) is 5.27. The number of rotatable bonds is 3. The molecule has 2 aromatic rings. The molecule has 1 fully saturated rings. The van der Waals surface area contributed by atoms with E-state index in [4.69, 9.17) is 4.74 Å². The Bertz CT molecular complexity index is 795. The van der Waals surface area contributed by atoms with Crippen LogP contribution in [-0.2, 0) is 13.1 Å². The first kappa shape index (κ1) is 16.7. The molecular formula is C22H27BNO. The van der Waals surface area contributed by atoms with Gasteiger partial charge in [0.15, 0.2) is 0 Å². The highest BCUT2D eigenvalue weighted by atomic mass is 16.5. The molecule has 2 aliphatic heterocycles. The van der Waals surface area contributed by atoms with Gasteiger partial charge in [0, 0.05) is 25.2 Å². The number of aryl methyl sites for hydroxylation is 2. The lowest BCUT2D eigenvalue weighted by atomic mass is 9.93. The molecule has 0 saturated carbocycles. The molecule has 2 heterocycles. The summed E-state index contributed by atoms with van der Waals surface area (Å²) in [6.45, 7) is 11.6. The Kier molecular flexibility index (Phi) is 4.15. The van der Waals surface area contributed by atoms with Gasteiger partial charge < -0.3 is 4.74 Å². The minimum absolute atomic E-state index is 0.184. The summed E-state index contributed by atoms with van der Waals surface area (Å²) in [5.74, 6) is 1.72. The average molecular weight is 332 g/mol. The SMILES string of the molecule is Cc1ccc2c(c1)CN(Cc1cc(C3[B]C3)ccc1C)CC(C)(C)O2. The van der Waals surface area contributed by atoms with Crippen molar-refractivity contribution >= 4 is 7.28 Å². The zero-order valence-corrected chi connectivity index (χ0v) is 15.8. The van der Waals surface area contributed by atoms with Crippen LogP contribution >= 0.6 is 0 Å². The van der Waals surface area contributed by atoms with Crippen molar-refractivity contribution < 1.29 is 4.74 Å². The molecule has 0 spiro atoms. The van der Waals surface area contributed by atoms with Crippen molar-refractivity contribution in [3.63, 3.8) is 0 Å². The molecule has 2 aromatic carbocycles. The molecule has 2 nitrogen and oxygen atoms in total. The Hall–Kier alpha value is -1.74. The fourth-order valence-electron chi connectivity index (χ4n) is 3.88. The number of ether oxygens (including phenoxy) is 1. The molecule has 3 heteroatoms. The van der Waals surface area contributed by atoms with Gasteiger partial charge in [-0.15, -0.1) is 0 Å². The molecule has 1 radical (unpaired) electrons. The van der Waals surface area contributed by atoms with Gasteiger partial charge in [-0.25, -0.2) is 0 Å². The maximum absolute atomic E-state index is 6.32. The standard InChI is InChI=1S/C22H27BNO/c1-15-5-8-21-19(9-15)13-24(14-22(3,4)25-21)12-18-10-17(20-11-23-20)7-6-16(18)2/h5-10,20H,11-14H2,1-4H3. The van der Waals surface area contributed by atoms with Gasteiger partial charge in [-0.2, -0.15) is 0 Å². The summed E-state index contributed by atoms with van der Waals surface area (Å²) in [6.07, 6.45) is 1.24. The largest absolute Gasteiger partial charge is 0.486 e. The van der Waals surface area contributed by atoms with E-state index in [0.29, 0.717) is 5.82 Å². The molecule has 25 heavy (non-hydrogen) atoms. The van der Waals surface area contributed by atoms with Gasteiger partial charge in [-0.05, 0) is 44.9 Å². The summed E-state index contributed by atoms with van der Waals surface area (Å²) in [6, 6.07) is 13.5. The lowest BCUT2D eigenvalue weighted by Crippen LogP contribution is -2.40. The van der Waals surface area contributed by atoms with Crippen molar-refractivity contribution in [3.05, 3.63) is 64.2 Å². The molecule has 1 unspecified atom stereocenters. The van der Waals surface area contributed by atoms with Crippen molar-refractivity contribution in [2.45, 2.75) is 58.5 Å². The van der Waals surface area contributed by atoms with Crippen LogP contribution in [0.25, 0.3) is 0 Å². The number of hydrogen-bond donors (Lipinski definition) is 0. The highest BCUT2D eigenvalue weighted by Crippen LogP contribution is 2.34. The van der Waals surface area contributed by atoms with Crippen LogP contribution in [0.2, 0.25) is 6.32 Å². The molecule has 1 atom stereocenters. The monoisotopic (exact) mass is 332 g/mol. The van der Waals surface area contributed by atoms with Gasteiger partial charge in [0.05, 0.1) is 0 Å². The van der Waals surface area contributed by atoms with Gasteiger partial charge in [0.1, 0.15) is 18.6 Å². The first-order chi connectivity index (χ1) is 11.9. The van der Waals surface area contributed by atoms with E-state index in [1.165, 1.54) is 34.1 Å². The highest BCUT2D eigenvalue weighted by molar-refractivity contribution is 6.51. The van der Waals surface area contributed by atoms with Crippen LogP contribution in [0.1, 0.15) is 47.5 Å². The summed E-state index contributed by atoms with van der Waals surface area (Å²) in [5.41, 5.74) is 6.72. The Morgan fingerprint density at radius 3 is 2.72 bits per heavy atom. The quantitative estimate of drug-likeness (QED) is 0.759. The molecule has 0 aliphatic carbocycles. The van der Waals surface area contributed by atoms with Crippen molar-refractivity contribution in [3.8, 4) is 5.75 Å². The fourth-order valence-corrected chi connectivity index (χ4v) is 3.88. The molecule has 129 valence electrons. The minimum Gasteiger partial charge on any atom is -0.486 e. The van der Waals surface area contributed by atoms with E-state index in [0.717, 1.165) is 25.4 Å². The molecule has 2 aliphatic rings. The van der Waals surface area contributed by atoms with E-state index >= 15 is 0 Å². The summed E-state index contributed by atoms with van der Waals surface area (Å²) < 4.78 is 6.32. The Morgan fingerprint density at radius 1 is 1.16 bits per heavy atom. The van der Waals surface area contributed by atoms with Gasteiger partial charge in [0.2, 0.25) is 0 Å². The molecule has 0 aromatic heterocycles. The van der Waals surface area contributed by atoms with Crippen LogP contribution in [-0.4, -0.2) is 24.3 Å². The number of hydrogen-bond acceptors (Lipinski definition) is 2. The topological polar surface area (TPSA) is 12.5 Å². The second kappa shape index (κ2) is 6.21. The van der Waals surface area contributed by atoms with Gasteiger partial charge in [-0.3, -0.25) is 4.90 Å². The number of fused-ring (bicyclic) bond motifs is 1. The van der Waals surface area contributed by atoms with E-state index in [9.17, 15) is 0 Å². The van der Waals surface area contributed by atoms with Crippen molar-refractivity contribution in [2.75, 3.05) is 6.54 Å². The Balaban J connectivity index is 1.62. The van der Waals surface area contributed by atoms with Crippen LogP contribution in [0, 0.1) is 13.8 Å². The number of nitrogens with zero attached hydrogens (tertiary/aromatic N) is 1. The first-order valence-corrected chi connectivity index (χ1v) is 9.33. The average Bonchev–Trinajstić information content (AvgIpc) is 3.36.